The zero-order valence-corrected chi connectivity index (χ0v) is 19.8. The number of aromatic nitrogens is 2. The number of morpholine rings is 1. The van der Waals surface area contributed by atoms with Crippen LogP contribution in [0.1, 0.15) is 30.1 Å². The normalized spacial score (nSPS) is 17.0. The molecular formula is C21H32IN5O2. The molecule has 0 aliphatic carbocycles. The minimum Gasteiger partial charge on any atom is -0.494 e. The highest BCUT2D eigenvalue weighted by atomic mass is 127. The minimum atomic E-state index is 0. The van der Waals surface area contributed by atoms with E-state index in [0.29, 0.717) is 6.61 Å². The van der Waals surface area contributed by atoms with Crippen LogP contribution in [-0.4, -0.2) is 60.5 Å². The summed E-state index contributed by atoms with van der Waals surface area (Å²) >= 11 is 0. The van der Waals surface area contributed by atoms with Crippen LogP contribution < -0.4 is 10.1 Å². The quantitative estimate of drug-likeness (QED) is 0.267. The summed E-state index contributed by atoms with van der Waals surface area (Å²) in [4.78, 5) is 6.70. The van der Waals surface area contributed by atoms with Crippen molar-refractivity contribution >= 4 is 29.9 Å². The molecule has 0 bridgehead atoms. The van der Waals surface area contributed by atoms with Crippen molar-refractivity contribution in [2.45, 2.75) is 25.9 Å². The van der Waals surface area contributed by atoms with Gasteiger partial charge in [0.05, 0.1) is 26.0 Å². The summed E-state index contributed by atoms with van der Waals surface area (Å²) in [6, 6.07) is 8.18. The zero-order chi connectivity index (χ0) is 19.8. The van der Waals surface area contributed by atoms with Crippen molar-refractivity contribution < 1.29 is 9.47 Å². The average Bonchev–Trinajstić information content (AvgIpc) is 3.15. The summed E-state index contributed by atoms with van der Waals surface area (Å²) < 4.78 is 13.5. The molecule has 1 fully saturated rings. The Kier molecular flexibility index (Phi) is 9.72. The molecule has 1 N–H and O–H groups in total. The average molecular weight is 513 g/mol. The van der Waals surface area contributed by atoms with E-state index in [0.717, 1.165) is 56.4 Å². The summed E-state index contributed by atoms with van der Waals surface area (Å²) in [5, 5.41) is 7.71. The van der Waals surface area contributed by atoms with Gasteiger partial charge >= 0.3 is 0 Å². The number of halogens is 1. The summed E-state index contributed by atoms with van der Waals surface area (Å²) in [5.74, 6) is 1.86. The van der Waals surface area contributed by atoms with Crippen LogP contribution in [0.3, 0.4) is 0 Å². The van der Waals surface area contributed by atoms with Gasteiger partial charge in [0.15, 0.2) is 5.96 Å². The maximum atomic E-state index is 5.91. The van der Waals surface area contributed by atoms with Gasteiger partial charge in [-0.3, -0.25) is 9.67 Å². The molecular weight excluding hydrogens is 481 g/mol. The zero-order valence-electron chi connectivity index (χ0n) is 17.5. The van der Waals surface area contributed by atoms with Crippen molar-refractivity contribution in [3.05, 3.63) is 47.8 Å². The molecule has 1 unspecified atom stereocenters. The monoisotopic (exact) mass is 513 g/mol. The molecule has 7 nitrogen and oxygen atoms in total. The van der Waals surface area contributed by atoms with Crippen LogP contribution in [-0.2, 0) is 11.8 Å². The molecule has 2 heterocycles. The molecule has 0 saturated carbocycles. The third kappa shape index (κ3) is 7.18. The van der Waals surface area contributed by atoms with Gasteiger partial charge in [-0.2, -0.15) is 5.10 Å². The molecule has 1 aromatic carbocycles. The summed E-state index contributed by atoms with van der Waals surface area (Å²) in [6.45, 7) is 5.98. The van der Waals surface area contributed by atoms with E-state index < -0.39 is 0 Å². The number of aryl methyl sites for hydroxylation is 2. The molecule has 160 valence electrons. The lowest BCUT2D eigenvalue weighted by Crippen LogP contribution is -2.48. The standard InChI is InChI=1S/C21H31N5O2.HI/c1-17-6-8-19(9-7-17)27-12-5-4-10-23-21(22-2)26-11-13-28-20(16-26)18-14-24-25(3)15-18;/h6-9,14-15,20H,4-5,10-13,16H2,1-3H3,(H,22,23);1H. The van der Waals surface area contributed by atoms with Crippen LogP contribution in [0.5, 0.6) is 5.75 Å². The van der Waals surface area contributed by atoms with Crippen LogP contribution in [0.2, 0.25) is 0 Å². The Morgan fingerprint density at radius 3 is 2.79 bits per heavy atom. The molecule has 1 aromatic heterocycles. The molecule has 3 rings (SSSR count). The van der Waals surface area contributed by atoms with E-state index in [-0.39, 0.29) is 30.1 Å². The lowest BCUT2D eigenvalue weighted by Gasteiger charge is -2.34. The first kappa shape index (κ1) is 23.5. The number of hydrogen-bond acceptors (Lipinski definition) is 4. The number of nitrogens with one attached hydrogen (secondary N) is 1. The highest BCUT2D eigenvalue weighted by molar-refractivity contribution is 14.0. The fourth-order valence-electron chi connectivity index (χ4n) is 3.23. The van der Waals surface area contributed by atoms with E-state index >= 15 is 0 Å². The number of ether oxygens (including phenoxy) is 2. The molecule has 8 heteroatoms. The van der Waals surface area contributed by atoms with E-state index in [1.54, 1.807) is 0 Å². The first-order chi connectivity index (χ1) is 13.7. The number of guanidine groups is 1. The van der Waals surface area contributed by atoms with Crippen molar-refractivity contribution in [1.29, 1.82) is 0 Å². The first-order valence-corrected chi connectivity index (χ1v) is 9.91. The molecule has 1 aliphatic heterocycles. The van der Waals surface area contributed by atoms with E-state index in [2.05, 4.69) is 39.4 Å². The molecule has 0 spiro atoms. The van der Waals surface area contributed by atoms with Gasteiger partial charge in [0.2, 0.25) is 0 Å². The molecule has 29 heavy (non-hydrogen) atoms. The van der Waals surface area contributed by atoms with E-state index in [4.69, 9.17) is 9.47 Å². The van der Waals surface area contributed by atoms with E-state index in [1.165, 1.54) is 5.56 Å². The smallest absolute Gasteiger partial charge is 0.193 e. The van der Waals surface area contributed by atoms with Crippen LogP contribution in [0.25, 0.3) is 0 Å². The summed E-state index contributed by atoms with van der Waals surface area (Å²) in [5.41, 5.74) is 2.35. The van der Waals surface area contributed by atoms with E-state index in [1.807, 2.05) is 43.3 Å². The Morgan fingerprint density at radius 2 is 2.10 bits per heavy atom. The van der Waals surface area contributed by atoms with Gasteiger partial charge in [-0.05, 0) is 31.9 Å². The minimum absolute atomic E-state index is 0. The van der Waals surface area contributed by atoms with Crippen LogP contribution in [0.15, 0.2) is 41.7 Å². The largest absolute Gasteiger partial charge is 0.494 e. The second kappa shape index (κ2) is 12.0. The maximum absolute atomic E-state index is 5.91. The Balaban J connectivity index is 0.00000300. The van der Waals surface area contributed by atoms with Crippen LogP contribution in [0, 0.1) is 6.92 Å². The third-order valence-electron chi connectivity index (χ3n) is 4.82. The predicted molar refractivity (Wildman–Crippen MR) is 126 cm³/mol. The number of unbranched alkanes of at least 4 members (excludes halogenated alkanes) is 1. The molecule has 0 amide bonds. The Labute approximate surface area is 190 Å². The second-order valence-electron chi connectivity index (χ2n) is 7.10. The lowest BCUT2D eigenvalue weighted by atomic mass is 10.1. The van der Waals surface area contributed by atoms with Crippen molar-refractivity contribution in [3.63, 3.8) is 0 Å². The third-order valence-corrected chi connectivity index (χ3v) is 4.82. The van der Waals surface area contributed by atoms with Gasteiger partial charge in [0, 0.05) is 38.9 Å². The highest BCUT2D eigenvalue weighted by Gasteiger charge is 2.24. The fraction of sp³-hybridized carbons (Fsp3) is 0.524. The molecule has 1 saturated heterocycles. The van der Waals surface area contributed by atoms with Gasteiger partial charge in [-0.25, -0.2) is 0 Å². The van der Waals surface area contributed by atoms with Gasteiger partial charge in [-0.1, -0.05) is 17.7 Å². The number of aliphatic imine (C=N–C) groups is 1. The summed E-state index contributed by atoms with van der Waals surface area (Å²) in [7, 11) is 3.75. The van der Waals surface area contributed by atoms with Crippen molar-refractivity contribution in [2.24, 2.45) is 12.0 Å². The number of nitrogens with zero attached hydrogens (tertiary/aromatic N) is 4. The maximum Gasteiger partial charge on any atom is 0.193 e. The van der Waals surface area contributed by atoms with E-state index in [9.17, 15) is 0 Å². The molecule has 1 aliphatic rings. The molecule has 0 radical (unpaired) electrons. The number of rotatable bonds is 7. The van der Waals surface area contributed by atoms with Crippen molar-refractivity contribution in [2.75, 3.05) is 39.9 Å². The van der Waals surface area contributed by atoms with Gasteiger partial charge in [0.25, 0.3) is 0 Å². The fourth-order valence-corrected chi connectivity index (χ4v) is 3.23. The summed E-state index contributed by atoms with van der Waals surface area (Å²) in [6.07, 6.45) is 5.95. The van der Waals surface area contributed by atoms with Crippen molar-refractivity contribution in [3.8, 4) is 5.75 Å². The highest BCUT2D eigenvalue weighted by Crippen LogP contribution is 2.21. The van der Waals surface area contributed by atoms with Gasteiger partial charge in [0.1, 0.15) is 11.9 Å². The van der Waals surface area contributed by atoms with Gasteiger partial charge < -0.3 is 19.7 Å². The molecule has 2 aromatic rings. The van der Waals surface area contributed by atoms with Gasteiger partial charge in [-0.15, -0.1) is 24.0 Å². The van der Waals surface area contributed by atoms with Crippen molar-refractivity contribution in [1.82, 2.24) is 20.0 Å². The van der Waals surface area contributed by atoms with Crippen LogP contribution >= 0.6 is 24.0 Å². The Bertz CT molecular complexity index is 763. The number of hydrogen-bond donors (Lipinski definition) is 1. The predicted octanol–water partition coefficient (Wildman–Crippen LogP) is 3.15. The topological polar surface area (TPSA) is 63.9 Å². The second-order valence-corrected chi connectivity index (χ2v) is 7.10. The number of benzene rings is 1. The SMILES string of the molecule is CN=C(NCCCCOc1ccc(C)cc1)N1CCOC(c2cnn(C)c2)C1.I. The molecule has 1 atom stereocenters. The van der Waals surface area contributed by atoms with Crippen LogP contribution in [0.4, 0.5) is 0 Å². The first-order valence-electron chi connectivity index (χ1n) is 9.91. The Hall–Kier alpha value is -1.81. The lowest BCUT2D eigenvalue weighted by molar-refractivity contribution is -0.00802. The Morgan fingerprint density at radius 1 is 1.31 bits per heavy atom.